The van der Waals surface area contributed by atoms with Gasteiger partial charge in [0.15, 0.2) is 6.29 Å². The lowest BCUT2D eigenvalue weighted by molar-refractivity contribution is -0.130. The Morgan fingerprint density at radius 3 is 2.70 bits per heavy atom. The van der Waals surface area contributed by atoms with Crippen LogP contribution in [0.25, 0.3) is 0 Å². The van der Waals surface area contributed by atoms with Gasteiger partial charge in [0.2, 0.25) is 5.78 Å². The first kappa shape index (κ1) is 15.6. The van der Waals surface area contributed by atoms with Crippen molar-refractivity contribution in [1.82, 2.24) is 0 Å². The molecule has 0 bridgehead atoms. The summed E-state index contributed by atoms with van der Waals surface area (Å²) < 4.78 is 0. The van der Waals surface area contributed by atoms with Crippen LogP contribution in [0.5, 0.6) is 0 Å². The molecule has 2 heteroatoms. The van der Waals surface area contributed by atoms with Crippen LogP contribution in [-0.4, -0.2) is 12.1 Å². The quantitative estimate of drug-likeness (QED) is 0.546. The Bertz CT molecular complexity index is 562. The van der Waals surface area contributed by atoms with E-state index in [1.807, 2.05) is 0 Å². The van der Waals surface area contributed by atoms with Gasteiger partial charge in [-0.1, -0.05) is 32.8 Å². The van der Waals surface area contributed by atoms with Crippen molar-refractivity contribution in [2.45, 2.75) is 71.6 Å². The number of ketones is 1. The summed E-state index contributed by atoms with van der Waals surface area (Å²) in [4.78, 5) is 23.1. The van der Waals surface area contributed by atoms with E-state index in [9.17, 15) is 9.59 Å². The van der Waals surface area contributed by atoms with Gasteiger partial charge in [0.25, 0.3) is 0 Å². The number of fused-ring (bicyclic) bond motifs is 5. The normalized spacial score (nSPS) is 48.7. The fraction of sp³-hybridized carbons (Fsp3) is 0.810. The average molecular weight is 314 g/mol. The van der Waals surface area contributed by atoms with E-state index in [4.69, 9.17) is 0 Å². The topological polar surface area (TPSA) is 34.1 Å². The number of Topliss-reactive ketones (excluding diaryl/α,β-unsaturated/α-hetero) is 1. The Morgan fingerprint density at radius 1 is 1.09 bits per heavy atom. The summed E-state index contributed by atoms with van der Waals surface area (Å²) in [5.41, 5.74) is 1.35. The zero-order chi connectivity index (χ0) is 16.2. The van der Waals surface area contributed by atoms with E-state index in [1.54, 1.807) is 0 Å². The van der Waals surface area contributed by atoms with Crippen LogP contribution in [0.2, 0.25) is 0 Å². The predicted molar refractivity (Wildman–Crippen MR) is 90.9 cm³/mol. The molecule has 0 aliphatic heterocycles. The second-order valence-electron chi connectivity index (χ2n) is 9.19. The van der Waals surface area contributed by atoms with Gasteiger partial charge in [-0.2, -0.15) is 0 Å². The maximum absolute atomic E-state index is 12.1. The molecule has 0 N–H and O–H groups in total. The Labute approximate surface area is 140 Å². The van der Waals surface area contributed by atoms with E-state index in [0.29, 0.717) is 17.6 Å². The number of hydrogen-bond acceptors (Lipinski definition) is 2. The van der Waals surface area contributed by atoms with Gasteiger partial charge >= 0.3 is 0 Å². The number of aldehydes is 1. The van der Waals surface area contributed by atoms with Crippen molar-refractivity contribution in [3.63, 3.8) is 0 Å². The van der Waals surface area contributed by atoms with Gasteiger partial charge in [-0.3, -0.25) is 9.59 Å². The highest BCUT2D eigenvalue weighted by Gasteiger charge is 2.58. The Morgan fingerprint density at radius 2 is 1.91 bits per heavy atom. The number of allylic oxidation sites excluding steroid dienone is 2. The molecule has 3 fully saturated rings. The van der Waals surface area contributed by atoms with E-state index in [2.05, 4.69) is 19.9 Å². The van der Waals surface area contributed by atoms with Crippen LogP contribution in [0.3, 0.4) is 0 Å². The molecule has 0 saturated heterocycles. The summed E-state index contributed by atoms with van der Waals surface area (Å²) in [6, 6.07) is 0. The first-order valence-electron chi connectivity index (χ1n) is 9.71. The van der Waals surface area contributed by atoms with Gasteiger partial charge in [0.1, 0.15) is 0 Å². The van der Waals surface area contributed by atoms with Crippen molar-refractivity contribution in [2.75, 3.05) is 0 Å². The van der Waals surface area contributed by atoms with Crippen molar-refractivity contribution >= 4 is 12.1 Å². The maximum atomic E-state index is 12.1. The molecule has 1 unspecified atom stereocenters. The summed E-state index contributed by atoms with van der Waals surface area (Å²) in [7, 11) is 0. The molecule has 0 aromatic heterocycles. The van der Waals surface area contributed by atoms with Crippen LogP contribution in [0.15, 0.2) is 11.6 Å². The van der Waals surface area contributed by atoms with Gasteiger partial charge in [-0.15, -0.1) is 0 Å². The molecular weight excluding hydrogens is 284 g/mol. The fourth-order valence-corrected chi connectivity index (χ4v) is 7.31. The fourth-order valence-electron chi connectivity index (χ4n) is 7.31. The monoisotopic (exact) mass is 314 g/mol. The van der Waals surface area contributed by atoms with Crippen molar-refractivity contribution < 1.29 is 9.59 Å². The molecule has 0 heterocycles. The molecule has 126 valence electrons. The van der Waals surface area contributed by atoms with Gasteiger partial charge in [0, 0.05) is 5.57 Å². The minimum Gasteiger partial charge on any atom is -0.294 e. The maximum Gasteiger partial charge on any atom is 0.221 e. The molecule has 6 atom stereocenters. The summed E-state index contributed by atoms with van der Waals surface area (Å²) in [5, 5.41) is 0. The molecule has 0 amide bonds. The summed E-state index contributed by atoms with van der Waals surface area (Å²) in [6.07, 6.45) is 14.5. The lowest BCUT2D eigenvalue weighted by Crippen LogP contribution is -2.52. The zero-order valence-corrected chi connectivity index (χ0v) is 14.6. The first-order valence-corrected chi connectivity index (χ1v) is 9.71. The van der Waals surface area contributed by atoms with E-state index >= 15 is 0 Å². The molecule has 0 aromatic carbocycles. The zero-order valence-electron chi connectivity index (χ0n) is 14.6. The highest BCUT2D eigenvalue weighted by Crippen LogP contribution is 2.66. The van der Waals surface area contributed by atoms with Crippen LogP contribution in [0.1, 0.15) is 71.6 Å². The van der Waals surface area contributed by atoms with E-state index in [1.165, 1.54) is 44.9 Å². The number of carbonyl (C=O) groups is 2. The van der Waals surface area contributed by atoms with Crippen LogP contribution >= 0.6 is 0 Å². The Kier molecular flexibility index (Phi) is 3.59. The molecule has 23 heavy (non-hydrogen) atoms. The largest absolute Gasteiger partial charge is 0.294 e. The third-order valence-corrected chi connectivity index (χ3v) is 8.54. The second-order valence-corrected chi connectivity index (χ2v) is 9.19. The second kappa shape index (κ2) is 5.29. The van der Waals surface area contributed by atoms with Crippen LogP contribution < -0.4 is 0 Å². The van der Waals surface area contributed by atoms with E-state index < -0.39 is 0 Å². The lowest BCUT2D eigenvalue weighted by atomic mass is 9.45. The van der Waals surface area contributed by atoms with Crippen molar-refractivity contribution in [2.24, 2.45) is 34.5 Å². The molecule has 4 aliphatic carbocycles. The first-order chi connectivity index (χ1) is 11.0. The van der Waals surface area contributed by atoms with Crippen molar-refractivity contribution in [3.05, 3.63) is 11.6 Å². The molecule has 4 rings (SSSR count). The third kappa shape index (κ3) is 2.06. The minimum absolute atomic E-state index is 0.0307. The number of rotatable bonds is 2. The smallest absolute Gasteiger partial charge is 0.221 e. The van der Waals surface area contributed by atoms with Gasteiger partial charge < -0.3 is 0 Å². The average Bonchev–Trinajstić information content (AvgIpc) is 2.91. The number of carbonyl (C=O) groups excluding carboxylic acids is 2. The molecule has 0 radical (unpaired) electrons. The van der Waals surface area contributed by atoms with E-state index in [0.717, 1.165) is 36.2 Å². The van der Waals surface area contributed by atoms with Crippen molar-refractivity contribution in [3.8, 4) is 0 Å². The SMILES string of the molecule is C[C@]12CCCCC1CC[C@@H]1[C@@H]2CC[C@]2(C)C(C(=O)C=O)=CC[C@@H]12. The minimum atomic E-state index is -0.258. The van der Waals surface area contributed by atoms with Gasteiger partial charge in [-0.05, 0) is 79.4 Å². The molecule has 2 nitrogen and oxygen atoms in total. The Hall–Kier alpha value is -0.920. The van der Waals surface area contributed by atoms with Gasteiger partial charge in [-0.25, -0.2) is 0 Å². The summed E-state index contributed by atoms with van der Waals surface area (Å²) in [6.45, 7) is 4.85. The third-order valence-electron chi connectivity index (χ3n) is 8.54. The van der Waals surface area contributed by atoms with Crippen molar-refractivity contribution in [1.29, 1.82) is 0 Å². The van der Waals surface area contributed by atoms with Gasteiger partial charge in [0.05, 0.1) is 0 Å². The van der Waals surface area contributed by atoms with E-state index in [-0.39, 0.29) is 11.2 Å². The Balaban J connectivity index is 1.63. The molecule has 0 aromatic rings. The number of hydrogen-bond donors (Lipinski definition) is 0. The molecule has 0 spiro atoms. The highest BCUT2D eigenvalue weighted by molar-refractivity contribution is 6.33. The summed E-state index contributed by atoms with van der Waals surface area (Å²) in [5.74, 6) is 2.89. The molecule has 4 aliphatic rings. The molecule has 3 saturated carbocycles. The standard InChI is InChI=1S/C21H30O2/c1-20-11-4-3-5-14(20)6-7-15-16-8-9-18(19(23)13-22)21(16,2)12-10-17(15)20/h9,13-17H,3-8,10-12H2,1-2H3/t14?,15-,16-,17-,20-,21-/m0/s1. The summed E-state index contributed by atoms with van der Waals surface area (Å²) >= 11 is 0. The lowest BCUT2D eigenvalue weighted by Gasteiger charge is -2.60. The van der Waals surface area contributed by atoms with Crippen LogP contribution in [0, 0.1) is 34.5 Å². The highest BCUT2D eigenvalue weighted by atomic mass is 16.2. The van der Waals surface area contributed by atoms with Crippen LogP contribution in [-0.2, 0) is 9.59 Å². The van der Waals surface area contributed by atoms with Crippen LogP contribution in [0.4, 0.5) is 0 Å². The predicted octanol–water partition coefficient (Wildman–Crippen LogP) is 4.72. The molecular formula is C21H30O2.